The monoisotopic (exact) mass is 344 g/mol. The van der Waals surface area contributed by atoms with Gasteiger partial charge in [-0.25, -0.2) is 13.1 Å². The second kappa shape index (κ2) is 6.23. The number of benzene rings is 2. The van der Waals surface area contributed by atoms with Gasteiger partial charge in [0.05, 0.1) is 5.02 Å². The Hall–Kier alpha value is -1.27. The van der Waals surface area contributed by atoms with Gasteiger partial charge >= 0.3 is 0 Å². The normalized spacial score (nSPS) is 13.1. The van der Waals surface area contributed by atoms with Gasteiger partial charge in [0.25, 0.3) is 0 Å². The number of rotatable bonds is 4. The van der Waals surface area contributed by atoms with Gasteiger partial charge in [0.1, 0.15) is 4.90 Å². The van der Waals surface area contributed by atoms with E-state index in [1.54, 1.807) is 31.2 Å². The summed E-state index contributed by atoms with van der Waals surface area (Å²) >= 11 is 11.8. The molecule has 112 valence electrons. The summed E-state index contributed by atoms with van der Waals surface area (Å²) in [4.78, 5) is -0.0487. The van der Waals surface area contributed by atoms with Crippen molar-refractivity contribution in [1.82, 2.24) is 4.72 Å². The summed E-state index contributed by atoms with van der Waals surface area (Å²) in [6.07, 6.45) is 0. The highest BCUT2D eigenvalue weighted by molar-refractivity contribution is 7.89. The fourth-order valence-electron chi connectivity index (χ4n) is 1.88. The van der Waals surface area contributed by atoms with E-state index in [2.05, 4.69) is 4.72 Å². The molecule has 0 heterocycles. The van der Waals surface area contributed by atoms with Crippen molar-refractivity contribution in [3.63, 3.8) is 0 Å². The van der Waals surface area contributed by atoms with Crippen molar-refractivity contribution < 1.29 is 8.42 Å². The molecule has 1 atom stereocenters. The minimum absolute atomic E-state index is 0.0487. The lowest BCUT2D eigenvalue weighted by molar-refractivity contribution is 0.567. The molecule has 0 saturated heterocycles. The highest BCUT2D eigenvalue weighted by atomic mass is 35.5. The number of halogens is 2. The molecule has 0 radical (unpaired) electrons. The molecule has 2 rings (SSSR count). The molecule has 1 unspecified atom stereocenters. The topological polar surface area (TPSA) is 72.2 Å². The third kappa shape index (κ3) is 3.89. The van der Waals surface area contributed by atoms with Crippen LogP contribution in [-0.2, 0) is 10.0 Å². The molecule has 2 aromatic rings. The Kier molecular flexibility index (Phi) is 4.78. The van der Waals surface area contributed by atoms with Crippen LogP contribution in [0.3, 0.4) is 0 Å². The van der Waals surface area contributed by atoms with Gasteiger partial charge in [-0.1, -0.05) is 35.3 Å². The van der Waals surface area contributed by atoms with E-state index in [4.69, 9.17) is 28.9 Å². The third-order valence-corrected chi connectivity index (χ3v) is 5.18. The van der Waals surface area contributed by atoms with Crippen LogP contribution < -0.4 is 10.5 Å². The molecule has 0 aliphatic heterocycles. The SMILES string of the molecule is CC(NS(=O)(=O)c1cc(Cl)ccc1Cl)c1cccc(N)c1. The molecule has 0 saturated carbocycles. The summed E-state index contributed by atoms with van der Waals surface area (Å²) < 4.78 is 27.3. The maximum atomic E-state index is 12.4. The number of nitrogen functional groups attached to an aromatic ring is 1. The number of hydrogen-bond acceptors (Lipinski definition) is 3. The van der Waals surface area contributed by atoms with Gasteiger partial charge in [-0.2, -0.15) is 0 Å². The first-order chi connectivity index (χ1) is 9.79. The molecule has 0 aliphatic rings. The van der Waals surface area contributed by atoms with E-state index in [9.17, 15) is 8.42 Å². The standard InChI is InChI=1S/C14H14Cl2N2O2S/c1-9(10-3-2-4-12(17)7-10)18-21(19,20)14-8-11(15)5-6-13(14)16/h2-9,18H,17H2,1H3. The third-order valence-electron chi connectivity index (χ3n) is 2.93. The lowest BCUT2D eigenvalue weighted by Gasteiger charge is -2.16. The van der Waals surface area contributed by atoms with E-state index < -0.39 is 16.1 Å². The van der Waals surface area contributed by atoms with Crippen LogP contribution in [0, 0.1) is 0 Å². The summed E-state index contributed by atoms with van der Waals surface area (Å²) in [5, 5.41) is 0.419. The molecule has 4 nitrogen and oxygen atoms in total. The van der Waals surface area contributed by atoms with Gasteiger partial charge < -0.3 is 5.73 Å². The number of nitrogens with one attached hydrogen (secondary N) is 1. The van der Waals surface area contributed by atoms with Gasteiger partial charge in [-0.15, -0.1) is 0 Å². The zero-order valence-electron chi connectivity index (χ0n) is 11.2. The Labute approximate surface area is 133 Å². The first-order valence-corrected chi connectivity index (χ1v) is 8.36. The van der Waals surface area contributed by atoms with Gasteiger partial charge in [0, 0.05) is 16.8 Å². The van der Waals surface area contributed by atoms with E-state index in [0.717, 1.165) is 5.56 Å². The minimum atomic E-state index is -3.78. The van der Waals surface area contributed by atoms with Gasteiger partial charge in [0.2, 0.25) is 10.0 Å². The molecule has 0 bridgehead atoms. The summed E-state index contributed by atoms with van der Waals surface area (Å²) in [6.45, 7) is 1.73. The molecule has 0 aliphatic carbocycles. The van der Waals surface area contributed by atoms with Crippen LogP contribution in [0.2, 0.25) is 10.0 Å². The summed E-state index contributed by atoms with van der Waals surface area (Å²) in [5.41, 5.74) is 7.03. The maximum absolute atomic E-state index is 12.4. The van der Waals surface area contributed by atoms with Crippen molar-refractivity contribution in [3.05, 3.63) is 58.1 Å². The van der Waals surface area contributed by atoms with E-state index >= 15 is 0 Å². The number of nitrogens with two attached hydrogens (primary N) is 1. The zero-order chi connectivity index (χ0) is 15.6. The Balaban J connectivity index is 2.31. The van der Waals surface area contributed by atoms with Gasteiger partial charge in [-0.3, -0.25) is 0 Å². The minimum Gasteiger partial charge on any atom is -0.399 e. The van der Waals surface area contributed by atoms with Crippen LogP contribution in [0.15, 0.2) is 47.4 Å². The van der Waals surface area contributed by atoms with Crippen LogP contribution in [0.1, 0.15) is 18.5 Å². The molecule has 2 aromatic carbocycles. The second-order valence-electron chi connectivity index (χ2n) is 4.59. The lowest BCUT2D eigenvalue weighted by atomic mass is 10.1. The molecule has 21 heavy (non-hydrogen) atoms. The van der Waals surface area contributed by atoms with Crippen LogP contribution in [0.5, 0.6) is 0 Å². The zero-order valence-corrected chi connectivity index (χ0v) is 13.5. The Morgan fingerprint density at radius 2 is 1.86 bits per heavy atom. The van der Waals surface area contributed by atoms with Crippen LogP contribution in [0.4, 0.5) is 5.69 Å². The summed E-state index contributed by atoms with van der Waals surface area (Å²) in [5.74, 6) is 0. The van der Waals surface area contributed by atoms with Gasteiger partial charge in [-0.05, 0) is 42.8 Å². The average molecular weight is 345 g/mol. The van der Waals surface area contributed by atoms with Crippen LogP contribution in [0.25, 0.3) is 0 Å². The first kappa shape index (κ1) is 16.1. The smallest absolute Gasteiger partial charge is 0.242 e. The number of hydrogen-bond donors (Lipinski definition) is 2. The number of anilines is 1. The highest BCUT2D eigenvalue weighted by Crippen LogP contribution is 2.26. The molecule has 3 N–H and O–H groups in total. The molecular formula is C14H14Cl2N2O2S. The predicted octanol–water partition coefficient (Wildman–Crippen LogP) is 3.62. The van der Waals surface area contributed by atoms with Crippen molar-refractivity contribution in [2.24, 2.45) is 0 Å². The van der Waals surface area contributed by atoms with Crippen molar-refractivity contribution in [2.45, 2.75) is 17.9 Å². The van der Waals surface area contributed by atoms with Crippen molar-refractivity contribution in [1.29, 1.82) is 0 Å². The van der Waals surface area contributed by atoms with Gasteiger partial charge in [0.15, 0.2) is 0 Å². The Bertz CT molecular complexity index is 763. The van der Waals surface area contributed by atoms with Crippen molar-refractivity contribution in [3.8, 4) is 0 Å². The van der Waals surface area contributed by atoms with E-state index in [1.165, 1.54) is 18.2 Å². The predicted molar refractivity (Wildman–Crippen MR) is 86.1 cm³/mol. The lowest BCUT2D eigenvalue weighted by Crippen LogP contribution is -2.27. The average Bonchev–Trinajstić information content (AvgIpc) is 2.41. The first-order valence-electron chi connectivity index (χ1n) is 6.12. The largest absolute Gasteiger partial charge is 0.399 e. The molecule has 0 fully saturated rings. The molecule has 0 amide bonds. The summed E-state index contributed by atoms with van der Waals surface area (Å²) in [6, 6.07) is 10.9. The van der Waals surface area contributed by atoms with Crippen LogP contribution in [-0.4, -0.2) is 8.42 Å². The molecule has 0 aromatic heterocycles. The molecular weight excluding hydrogens is 331 g/mol. The Morgan fingerprint density at radius 3 is 2.52 bits per heavy atom. The second-order valence-corrected chi connectivity index (χ2v) is 7.11. The van der Waals surface area contributed by atoms with E-state index in [-0.39, 0.29) is 9.92 Å². The van der Waals surface area contributed by atoms with E-state index in [1.807, 2.05) is 0 Å². The summed E-state index contributed by atoms with van der Waals surface area (Å²) in [7, 11) is -3.78. The quantitative estimate of drug-likeness (QED) is 0.832. The van der Waals surface area contributed by atoms with Crippen molar-refractivity contribution in [2.75, 3.05) is 5.73 Å². The molecule has 7 heteroatoms. The fraction of sp³-hybridized carbons (Fsp3) is 0.143. The maximum Gasteiger partial charge on any atom is 0.242 e. The van der Waals surface area contributed by atoms with E-state index in [0.29, 0.717) is 10.7 Å². The molecule has 0 spiro atoms. The highest BCUT2D eigenvalue weighted by Gasteiger charge is 2.21. The van der Waals surface area contributed by atoms with Crippen LogP contribution >= 0.6 is 23.2 Å². The fourth-order valence-corrected chi connectivity index (χ4v) is 3.87. The van der Waals surface area contributed by atoms with Crippen molar-refractivity contribution >= 4 is 38.9 Å². The Morgan fingerprint density at radius 1 is 1.14 bits per heavy atom. The number of sulfonamides is 1.